The molecule has 0 saturated heterocycles. The van der Waals surface area contributed by atoms with Gasteiger partial charge in [0.2, 0.25) is 5.09 Å². The quantitative estimate of drug-likeness (QED) is 0.610. The van der Waals surface area contributed by atoms with E-state index in [1.165, 1.54) is 11.8 Å². The Balaban J connectivity index is 2.02. The van der Waals surface area contributed by atoms with Gasteiger partial charge in [-0.2, -0.15) is 0 Å². The van der Waals surface area contributed by atoms with E-state index in [1.54, 1.807) is 30.3 Å². The monoisotopic (exact) mass is 374 g/mol. The summed E-state index contributed by atoms with van der Waals surface area (Å²) in [6, 6.07) is 17.6. The zero-order valence-electron chi connectivity index (χ0n) is 13.7. The first-order valence-electron chi connectivity index (χ1n) is 7.87. The lowest BCUT2D eigenvalue weighted by Crippen LogP contribution is -2.13. The van der Waals surface area contributed by atoms with Crippen molar-refractivity contribution in [1.29, 1.82) is 0 Å². The first-order chi connectivity index (χ1) is 12.1. The fourth-order valence-corrected chi connectivity index (χ4v) is 4.17. The molecule has 0 bridgehead atoms. The standard InChI is InChI=1S/C18H18N2O3S2/c1-2-13-24-18-17(16(19-23-18)14-9-5-3-6-10-14)20-25(21,22)15-11-7-4-8-12-15/h3-12,20H,2,13H2,1H3. The van der Waals surface area contributed by atoms with Crippen LogP contribution in [0.1, 0.15) is 13.3 Å². The second kappa shape index (κ2) is 7.76. The van der Waals surface area contributed by atoms with E-state index in [9.17, 15) is 8.42 Å². The van der Waals surface area contributed by atoms with Crippen molar-refractivity contribution in [3.8, 4) is 11.3 Å². The van der Waals surface area contributed by atoms with Gasteiger partial charge in [-0.15, -0.1) is 0 Å². The molecule has 0 radical (unpaired) electrons. The number of hydrogen-bond donors (Lipinski definition) is 1. The summed E-state index contributed by atoms with van der Waals surface area (Å²) in [6.07, 6.45) is 0.941. The maximum Gasteiger partial charge on any atom is 0.262 e. The van der Waals surface area contributed by atoms with Crippen LogP contribution in [0, 0.1) is 0 Å². The van der Waals surface area contributed by atoms with Crippen molar-refractivity contribution in [2.24, 2.45) is 0 Å². The average Bonchev–Trinajstić information content (AvgIpc) is 3.03. The maximum absolute atomic E-state index is 12.7. The molecule has 3 rings (SSSR count). The van der Waals surface area contributed by atoms with Crippen LogP contribution in [0.2, 0.25) is 0 Å². The Morgan fingerprint density at radius 3 is 2.32 bits per heavy atom. The van der Waals surface area contributed by atoms with Gasteiger partial charge in [0, 0.05) is 11.3 Å². The minimum atomic E-state index is -3.72. The Labute approximate surface area is 151 Å². The van der Waals surface area contributed by atoms with E-state index < -0.39 is 10.0 Å². The summed E-state index contributed by atoms with van der Waals surface area (Å²) in [4.78, 5) is 0.196. The van der Waals surface area contributed by atoms with Crippen LogP contribution >= 0.6 is 11.8 Å². The first-order valence-corrected chi connectivity index (χ1v) is 10.3. The van der Waals surface area contributed by atoms with Gasteiger partial charge in [0.05, 0.1) is 4.90 Å². The van der Waals surface area contributed by atoms with E-state index in [4.69, 9.17) is 4.52 Å². The molecule has 0 aliphatic carbocycles. The number of thioether (sulfide) groups is 1. The van der Waals surface area contributed by atoms with Gasteiger partial charge in [-0.05, 0) is 18.6 Å². The van der Waals surface area contributed by atoms with Crippen molar-refractivity contribution in [2.75, 3.05) is 10.5 Å². The molecule has 0 aliphatic heterocycles. The van der Waals surface area contributed by atoms with Crippen LogP contribution in [-0.2, 0) is 10.0 Å². The molecule has 5 nitrogen and oxygen atoms in total. The number of hydrogen-bond acceptors (Lipinski definition) is 5. The molecular formula is C18H18N2O3S2. The SMILES string of the molecule is CCCSc1onc(-c2ccccc2)c1NS(=O)(=O)c1ccccc1. The van der Waals surface area contributed by atoms with E-state index in [0.717, 1.165) is 17.7 Å². The predicted octanol–water partition coefficient (Wildman–Crippen LogP) is 4.64. The number of benzene rings is 2. The van der Waals surface area contributed by atoms with Crippen molar-refractivity contribution < 1.29 is 12.9 Å². The number of sulfonamides is 1. The molecule has 130 valence electrons. The maximum atomic E-state index is 12.7. The van der Waals surface area contributed by atoms with Gasteiger partial charge in [0.1, 0.15) is 11.4 Å². The summed E-state index contributed by atoms with van der Waals surface area (Å²) < 4.78 is 33.5. The molecule has 1 N–H and O–H groups in total. The molecular weight excluding hydrogens is 356 g/mol. The van der Waals surface area contributed by atoms with E-state index in [-0.39, 0.29) is 4.90 Å². The van der Waals surface area contributed by atoms with Crippen LogP contribution in [0.15, 0.2) is 75.2 Å². The Bertz CT molecular complexity index is 923. The molecule has 25 heavy (non-hydrogen) atoms. The van der Waals surface area contributed by atoms with Gasteiger partial charge in [-0.25, -0.2) is 8.42 Å². The molecule has 0 atom stereocenters. The Morgan fingerprint density at radius 2 is 1.68 bits per heavy atom. The van der Waals surface area contributed by atoms with Crippen LogP contribution in [-0.4, -0.2) is 19.3 Å². The summed E-state index contributed by atoms with van der Waals surface area (Å²) in [5.74, 6) is 0.809. The summed E-state index contributed by atoms with van der Waals surface area (Å²) >= 11 is 1.44. The molecule has 3 aromatic rings. The number of rotatable bonds is 7. The molecule has 0 fully saturated rings. The minimum absolute atomic E-state index is 0.196. The second-order valence-electron chi connectivity index (χ2n) is 5.33. The lowest BCUT2D eigenvalue weighted by atomic mass is 10.1. The van der Waals surface area contributed by atoms with Crippen molar-refractivity contribution >= 4 is 27.5 Å². The fraction of sp³-hybridized carbons (Fsp3) is 0.167. The number of nitrogens with zero attached hydrogens (tertiary/aromatic N) is 1. The molecule has 0 saturated carbocycles. The summed E-state index contributed by atoms with van der Waals surface area (Å²) in [5, 5.41) is 4.57. The Kier molecular flexibility index (Phi) is 5.45. The van der Waals surface area contributed by atoms with Gasteiger partial charge in [-0.3, -0.25) is 4.72 Å². The highest BCUT2D eigenvalue weighted by Crippen LogP contribution is 2.37. The van der Waals surface area contributed by atoms with Crippen molar-refractivity contribution in [3.63, 3.8) is 0 Å². The smallest absolute Gasteiger partial charge is 0.262 e. The molecule has 0 amide bonds. The van der Waals surface area contributed by atoms with Crippen molar-refractivity contribution in [3.05, 3.63) is 60.7 Å². The first kappa shape index (κ1) is 17.6. The van der Waals surface area contributed by atoms with Gasteiger partial charge < -0.3 is 4.52 Å². The molecule has 0 aliphatic rings. The largest absolute Gasteiger partial charge is 0.347 e. The normalized spacial score (nSPS) is 11.4. The zero-order chi connectivity index (χ0) is 17.7. The number of aromatic nitrogens is 1. The lowest BCUT2D eigenvalue weighted by molar-refractivity contribution is 0.353. The predicted molar refractivity (Wildman–Crippen MR) is 100 cm³/mol. The third-order valence-electron chi connectivity index (χ3n) is 3.44. The number of anilines is 1. The average molecular weight is 374 g/mol. The van der Waals surface area contributed by atoms with Gasteiger partial charge in [0.15, 0.2) is 0 Å². The van der Waals surface area contributed by atoms with Gasteiger partial charge in [-0.1, -0.05) is 72.4 Å². The summed E-state index contributed by atoms with van der Waals surface area (Å²) in [6.45, 7) is 2.05. The Morgan fingerprint density at radius 1 is 1.04 bits per heavy atom. The highest BCUT2D eigenvalue weighted by Gasteiger charge is 2.23. The van der Waals surface area contributed by atoms with Crippen LogP contribution in [0.5, 0.6) is 0 Å². The second-order valence-corrected chi connectivity index (χ2v) is 8.08. The van der Waals surface area contributed by atoms with Crippen LogP contribution in [0.25, 0.3) is 11.3 Å². The van der Waals surface area contributed by atoms with Crippen molar-refractivity contribution in [1.82, 2.24) is 5.16 Å². The molecule has 2 aromatic carbocycles. The third kappa shape index (κ3) is 4.05. The lowest BCUT2D eigenvalue weighted by Gasteiger charge is -2.09. The van der Waals surface area contributed by atoms with Crippen LogP contribution < -0.4 is 4.72 Å². The topological polar surface area (TPSA) is 72.2 Å². The van der Waals surface area contributed by atoms with Gasteiger partial charge in [0.25, 0.3) is 10.0 Å². The highest BCUT2D eigenvalue weighted by atomic mass is 32.2. The van der Waals surface area contributed by atoms with Gasteiger partial charge >= 0.3 is 0 Å². The summed E-state index contributed by atoms with van der Waals surface area (Å²) in [5.41, 5.74) is 1.66. The van der Waals surface area contributed by atoms with Crippen molar-refractivity contribution in [2.45, 2.75) is 23.3 Å². The molecule has 1 aromatic heterocycles. The molecule has 0 spiro atoms. The third-order valence-corrected chi connectivity index (χ3v) is 5.95. The summed E-state index contributed by atoms with van der Waals surface area (Å²) in [7, 11) is -3.72. The number of nitrogens with one attached hydrogen (secondary N) is 1. The van der Waals surface area contributed by atoms with E-state index >= 15 is 0 Å². The van der Waals surface area contributed by atoms with E-state index in [0.29, 0.717) is 16.5 Å². The Hall–Kier alpha value is -2.25. The molecule has 1 heterocycles. The van der Waals surface area contributed by atoms with E-state index in [1.807, 2.05) is 30.3 Å². The van der Waals surface area contributed by atoms with Crippen LogP contribution in [0.4, 0.5) is 5.69 Å². The fourth-order valence-electron chi connectivity index (χ4n) is 2.24. The molecule has 0 unspecified atom stereocenters. The van der Waals surface area contributed by atoms with Crippen LogP contribution in [0.3, 0.4) is 0 Å². The highest BCUT2D eigenvalue weighted by molar-refractivity contribution is 7.99. The van der Waals surface area contributed by atoms with E-state index in [2.05, 4.69) is 16.8 Å². The zero-order valence-corrected chi connectivity index (χ0v) is 15.3. The minimum Gasteiger partial charge on any atom is -0.347 e. The molecule has 7 heteroatoms.